The van der Waals surface area contributed by atoms with Crippen molar-refractivity contribution in [2.45, 2.75) is 36.6 Å². The molecule has 1 aliphatic heterocycles. The zero-order chi connectivity index (χ0) is 15.5. The summed E-state index contributed by atoms with van der Waals surface area (Å²) in [6.45, 7) is 1.05. The minimum atomic E-state index is -3.38. The summed E-state index contributed by atoms with van der Waals surface area (Å²) in [6, 6.07) is 5.11. The number of hydrogen-bond donors (Lipinski definition) is 1. The second-order valence-electron chi connectivity index (χ2n) is 5.64. The van der Waals surface area contributed by atoms with Gasteiger partial charge >= 0.3 is 0 Å². The summed E-state index contributed by atoms with van der Waals surface area (Å²) in [5, 5.41) is 0. The molecule has 0 bridgehead atoms. The number of ether oxygens (including phenoxy) is 1. The first-order chi connectivity index (χ1) is 9.94. The summed E-state index contributed by atoms with van der Waals surface area (Å²) in [7, 11) is 0.201. The van der Waals surface area contributed by atoms with Gasteiger partial charge in [0.15, 0.2) is 9.84 Å². The van der Waals surface area contributed by atoms with Crippen LogP contribution in [0.2, 0.25) is 0 Å². The van der Waals surface area contributed by atoms with Crippen molar-refractivity contribution in [1.29, 1.82) is 0 Å². The molecule has 1 fully saturated rings. The predicted octanol–water partition coefficient (Wildman–Crippen LogP) is 1.93. The second-order valence-corrected chi connectivity index (χ2v) is 7.72. The van der Waals surface area contributed by atoms with Gasteiger partial charge in [0.1, 0.15) is 5.75 Å². The Morgan fingerprint density at radius 3 is 2.81 bits per heavy atom. The number of nitrogen functional groups attached to an aromatic ring is 1. The Hall–Kier alpha value is -1.27. The molecule has 1 unspecified atom stereocenters. The summed E-state index contributed by atoms with van der Waals surface area (Å²) in [4.78, 5) is 2.44. The maximum Gasteiger partial charge on any atom is 0.180 e. The third-order valence-electron chi connectivity index (χ3n) is 4.20. The molecule has 5 nitrogen and oxygen atoms in total. The van der Waals surface area contributed by atoms with Gasteiger partial charge in [-0.2, -0.15) is 0 Å². The Morgan fingerprint density at radius 1 is 1.38 bits per heavy atom. The van der Waals surface area contributed by atoms with Crippen molar-refractivity contribution in [3.05, 3.63) is 18.2 Å². The van der Waals surface area contributed by atoms with Crippen LogP contribution in [0.1, 0.15) is 25.7 Å². The smallest absolute Gasteiger partial charge is 0.180 e. The van der Waals surface area contributed by atoms with Gasteiger partial charge in [-0.3, -0.25) is 0 Å². The first-order valence-electron chi connectivity index (χ1n) is 7.30. The zero-order valence-corrected chi connectivity index (χ0v) is 13.5. The normalized spacial score (nSPS) is 20.4. The highest BCUT2D eigenvalue weighted by atomic mass is 32.2. The Morgan fingerprint density at radius 2 is 2.14 bits per heavy atom. The number of anilines is 1. The molecule has 118 valence electrons. The van der Waals surface area contributed by atoms with Crippen LogP contribution in [-0.4, -0.2) is 45.8 Å². The van der Waals surface area contributed by atoms with Crippen molar-refractivity contribution in [2.75, 3.05) is 32.2 Å². The van der Waals surface area contributed by atoms with Gasteiger partial charge in [0.25, 0.3) is 0 Å². The molecule has 0 spiro atoms. The van der Waals surface area contributed by atoms with Crippen molar-refractivity contribution in [3.8, 4) is 5.75 Å². The molecule has 1 aliphatic rings. The minimum Gasteiger partial charge on any atom is -0.497 e. The molecule has 1 atom stereocenters. The molecule has 0 saturated carbocycles. The zero-order valence-electron chi connectivity index (χ0n) is 12.7. The van der Waals surface area contributed by atoms with Gasteiger partial charge in [-0.05, 0) is 45.0 Å². The molecule has 0 aliphatic carbocycles. The van der Waals surface area contributed by atoms with E-state index in [1.807, 2.05) is 0 Å². The molecule has 1 aromatic carbocycles. The molecule has 1 heterocycles. The molecule has 0 amide bonds. The summed E-state index contributed by atoms with van der Waals surface area (Å²) in [5.41, 5.74) is 6.11. The van der Waals surface area contributed by atoms with E-state index in [1.165, 1.54) is 26.0 Å². The quantitative estimate of drug-likeness (QED) is 0.841. The highest BCUT2D eigenvalue weighted by molar-refractivity contribution is 7.91. The third kappa shape index (κ3) is 3.89. The number of sulfone groups is 1. The summed E-state index contributed by atoms with van der Waals surface area (Å²) in [6.07, 6.45) is 4.09. The lowest BCUT2D eigenvalue weighted by Crippen LogP contribution is -2.37. The van der Waals surface area contributed by atoms with Gasteiger partial charge in [-0.25, -0.2) is 8.42 Å². The average molecular weight is 312 g/mol. The molecular formula is C15H24N2O3S. The van der Waals surface area contributed by atoms with Gasteiger partial charge in [0.2, 0.25) is 0 Å². The van der Waals surface area contributed by atoms with E-state index < -0.39 is 9.84 Å². The highest BCUT2D eigenvalue weighted by Gasteiger charge is 2.24. The molecular weight excluding hydrogens is 288 g/mol. The molecule has 6 heteroatoms. The van der Waals surface area contributed by atoms with Gasteiger partial charge in [0.05, 0.1) is 23.4 Å². The van der Waals surface area contributed by atoms with Crippen molar-refractivity contribution >= 4 is 15.5 Å². The fraction of sp³-hybridized carbons (Fsp3) is 0.600. The number of piperidine rings is 1. The lowest BCUT2D eigenvalue weighted by Gasteiger charge is -2.32. The molecule has 0 aromatic heterocycles. The van der Waals surface area contributed by atoms with Crippen LogP contribution in [0.3, 0.4) is 0 Å². The molecule has 2 rings (SSSR count). The summed E-state index contributed by atoms with van der Waals surface area (Å²) in [5.74, 6) is 0.636. The SMILES string of the molecule is COc1ccc(N)c(S(=O)(=O)CCC2CCCCN2C)c1. The van der Waals surface area contributed by atoms with E-state index in [0.29, 0.717) is 18.2 Å². The fourth-order valence-electron chi connectivity index (χ4n) is 2.82. The van der Waals surface area contributed by atoms with Crippen LogP contribution in [0.15, 0.2) is 23.1 Å². The number of likely N-dealkylation sites (tertiary alicyclic amines) is 1. The van der Waals surface area contributed by atoms with Crippen LogP contribution in [-0.2, 0) is 9.84 Å². The molecule has 1 aromatic rings. The summed E-state index contributed by atoms with van der Waals surface area (Å²) >= 11 is 0. The van der Waals surface area contributed by atoms with Gasteiger partial charge < -0.3 is 15.4 Å². The monoisotopic (exact) mass is 312 g/mol. The Kier molecular flexibility index (Phi) is 5.11. The van der Waals surface area contributed by atoms with Crippen molar-refractivity contribution in [3.63, 3.8) is 0 Å². The molecule has 2 N–H and O–H groups in total. The lowest BCUT2D eigenvalue weighted by atomic mass is 10.0. The third-order valence-corrected chi connectivity index (χ3v) is 5.99. The number of rotatable bonds is 5. The number of hydrogen-bond acceptors (Lipinski definition) is 5. The van der Waals surface area contributed by atoms with E-state index in [0.717, 1.165) is 13.0 Å². The Labute approximate surface area is 127 Å². The summed E-state index contributed by atoms with van der Waals surface area (Å²) < 4.78 is 30.1. The van der Waals surface area contributed by atoms with Crippen molar-refractivity contribution < 1.29 is 13.2 Å². The predicted molar refractivity (Wildman–Crippen MR) is 84.3 cm³/mol. The number of methoxy groups -OCH3 is 1. The number of benzene rings is 1. The molecule has 1 saturated heterocycles. The van der Waals surface area contributed by atoms with Crippen molar-refractivity contribution in [2.24, 2.45) is 0 Å². The van der Waals surface area contributed by atoms with Gasteiger partial charge in [0, 0.05) is 12.1 Å². The van der Waals surface area contributed by atoms with E-state index in [9.17, 15) is 8.42 Å². The highest BCUT2D eigenvalue weighted by Crippen LogP contribution is 2.27. The number of nitrogens with zero attached hydrogens (tertiary/aromatic N) is 1. The average Bonchev–Trinajstić information content (AvgIpc) is 2.47. The first kappa shape index (κ1) is 16.1. The van der Waals surface area contributed by atoms with Crippen LogP contribution >= 0.6 is 0 Å². The fourth-order valence-corrected chi connectivity index (χ4v) is 4.35. The topological polar surface area (TPSA) is 72.6 Å². The molecule has 21 heavy (non-hydrogen) atoms. The van der Waals surface area contributed by atoms with Gasteiger partial charge in [-0.1, -0.05) is 6.42 Å². The van der Waals surface area contributed by atoms with Crippen LogP contribution in [0, 0.1) is 0 Å². The van der Waals surface area contributed by atoms with E-state index in [4.69, 9.17) is 10.5 Å². The van der Waals surface area contributed by atoms with Crippen molar-refractivity contribution in [1.82, 2.24) is 4.90 Å². The molecule has 0 radical (unpaired) electrons. The Bertz CT molecular complexity index is 587. The second kappa shape index (κ2) is 6.66. The van der Waals surface area contributed by atoms with Gasteiger partial charge in [-0.15, -0.1) is 0 Å². The maximum absolute atomic E-state index is 12.5. The minimum absolute atomic E-state index is 0.124. The van der Waals surface area contributed by atoms with Crippen LogP contribution < -0.4 is 10.5 Å². The first-order valence-corrected chi connectivity index (χ1v) is 8.96. The van der Waals surface area contributed by atoms with E-state index in [2.05, 4.69) is 11.9 Å². The Balaban J connectivity index is 2.11. The van der Waals surface area contributed by atoms with Crippen LogP contribution in [0.5, 0.6) is 5.75 Å². The lowest BCUT2D eigenvalue weighted by molar-refractivity contribution is 0.181. The van der Waals surface area contributed by atoms with Crippen LogP contribution in [0.25, 0.3) is 0 Å². The standard InChI is InChI=1S/C15H24N2O3S/c1-17-9-4-3-5-12(17)8-10-21(18,19)15-11-13(20-2)6-7-14(15)16/h6-7,11-12H,3-5,8-10,16H2,1-2H3. The largest absolute Gasteiger partial charge is 0.497 e. The van der Waals surface area contributed by atoms with Crippen LogP contribution in [0.4, 0.5) is 5.69 Å². The van der Waals surface area contributed by atoms with E-state index in [1.54, 1.807) is 12.1 Å². The van der Waals surface area contributed by atoms with E-state index in [-0.39, 0.29) is 16.3 Å². The number of nitrogens with two attached hydrogens (primary N) is 1. The van der Waals surface area contributed by atoms with E-state index >= 15 is 0 Å². The maximum atomic E-state index is 12.5.